The molecule has 0 atom stereocenters. The summed E-state index contributed by atoms with van der Waals surface area (Å²) >= 11 is 0. The van der Waals surface area contributed by atoms with Crippen molar-refractivity contribution in [2.24, 2.45) is 0 Å². The van der Waals surface area contributed by atoms with Crippen molar-refractivity contribution in [2.45, 2.75) is 13.3 Å². The van der Waals surface area contributed by atoms with Crippen LogP contribution in [0.25, 0.3) is 12.2 Å². The van der Waals surface area contributed by atoms with Crippen molar-refractivity contribution in [3.8, 4) is 23.0 Å². The maximum atomic E-state index is 13.2. The number of Topliss-reactive ketones (excluding diaryl/α,β-unsaturated/α-hetero) is 1. The molecule has 0 saturated carbocycles. The van der Waals surface area contributed by atoms with E-state index in [1.54, 1.807) is 36.4 Å². The van der Waals surface area contributed by atoms with Gasteiger partial charge in [-0.25, -0.2) is 0 Å². The molecular weight excluding hydrogens is 382 g/mol. The molecule has 1 heterocycles. The van der Waals surface area contributed by atoms with Gasteiger partial charge in [0.1, 0.15) is 0 Å². The monoisotopic (exact) mass is 409 g/mol. The summed E-state index contributed by atoms with van der Waals surface area (Å²) in [6.45, 7) is 4.11. The summed E-state index contributed by atoms with van der Waals surface area (Å²) in [5.74, 6) is 0.838. The van der Waals surface area contributed by atoms with Crippen molar-refractivity contribution in [2.75, 3.05) is 33.9 Å². The summed E-state index contributed by atoms with van der Waals surface area (Å²) < 4.78 is 10.3. The quantitative estimate of drug-likeness (QED) is 0.705. The number of ketones is 1. The first-order chi connectivity index (χ1) is 14.4. The lowest BCUT2D eigenvalue weighted by Crippen LogP contribution is -2.38. The molecule has 2 aromatic carbocycles. The lowest BCUT2D eigenvalue weighted by Gasteiger charge is -2.29. The topological polar surface area (TPSA) is 79.2 Å². The molecule has 158 valence electrons. The van der Waals surface area contributed by atoms with E-state index in [4.69, 9.17) is 9.47 Å². The van der Waals surface area contributed by atoms with Gasteiger partial charge in [0.2, 0.25) is 0 Å². The number of benzene rings is 2. The van der Waals surface area contributed by atoms with Crippen molar-refractivity contribution >= 4 is 17.9 Å². The molecule has 1 fully saturated rings. The zero-order chi connectivity index (χ0) is 21.7. The van der Waals surface area contributed by atoms with Crippen LogP contribution in [0.4, 0.5) is 0 Å². The Labute approximate surface area is 176 Å². The Kier molecular flexibility index (Phi) is 6.79. The Morgan fingerprint density at radius 1 is 0.900 bits per heavy atom. The molecule has 6 heteroatoms. The van der Waals surface area contributed by atoms with E-state index in [1.165, 1.54) is 14.2 Å². The summed E-state index contributed by atoms with van der Waals surface area (Å²) in [7, 11) is 2.99. The molecule has 1 aliphatic rings. The SMILES string of the molecule is CCCN1CC(=Cc2ccc(O)c(OC)c2)C(=O)C(=Cc2ccc(O)c(OC)c2)C1. The minimum atomic E-state index is -0.0126. The number of nitrogens with zero attached hydrogens (tertiary/aromatic N) is 1. The van der Waals surface area contributed by atoms with Gasteiger partial charge in [-0.15, -0.1) is 0 Å². The molecule has 0 amide bonds. The van der Waals surface area contributed by atoms with Gasteiger partial charge in [0.05, 0.1) is 14.2 Å². The number of aromatic hydroxyl groups is 2. The van der Waals surface area contributed by atoms with Crippen LogP contribution in [0.2, 0.25) is 0 Å². The highest BCUT2D eigenvalue weighted by Gasteiger charge is 2.25. The number of phenols is 2. The van der Waals surface area contributed by atoms with E-state index in [1.807, 2.05) is 12.2 Å². The number of rotatable bonds is 6. The molecular formula is C24H27NO5. The standard InChI is InChI=1S/C24H27NO5/c1-4-9-25-14-18(10-16-5-7-20(26)22(12-16)29-2)24(28)19(15-25)11-17-6-8-21(27)23(13-17)30-3/h5-8,10-13,26-27H,4,9,14-15H2,1-3H3. The third-order valence-electron chi connectivity index (χ3n) is 5.00. The molecule has 0 radical (unpaired) electrons. The summed E-state index contributed by atoms with van der Waals surface area (Å²) in [5.41, 5.74) is 2.94. The molecule has 2 aromatic rings. The third-order valence-corrected chi connectivity index (χ3v) is 5.00. The van der Waals surface area contributed by atoms with Gasteiger partial charge in [0, 0.05) is 24.2 Å². The number of piperidine rings is 1. The Bertz CT molecular complexity index is 918. The van der Waals surface area contributed by atoms with E-state index in [-0.39, 0.29) is 17.3 Å². The van der Waals surface area contributed by atoms with Crippen LogP contribution in [0.1, 0.15) is 24.5 Å². The zero-order valence-corrected chi connectivity index (χ0v) is 17.5. The maximum absolute atomic E-state index is 13.2. The van der Waals surface area contributed by atoms with Gasteiger partial charge in [0.25, 0.3) is 0 Å². The number of methoxy groups -OCH3 is 2. The van der Waals surface area contributed by atoms with Gasteiger partial charge in [0.15, 0.2) is 28.8 Å². The Morgan fingerprint density at radius 2 is 1.37 bits per heavy atom. The van der Waals surface area contributed by atoms with Crippen LogP contribution in [-0.2, 0) is 4.79 Å². The first-order valence-electron chi connectivity index (χ1n) is 9.87. The average molecular weight is 409 g/mol. The van der Waals surface area contributed by atoms with Gasteiger partial charge >= 0.3 is 0 Å². The summed E-state index contributed by atoms with van der Waals surface area (Å²) in [6, 6.07) is 10.0. The molecule has 3 rings (SSSR count). The van der Waals surface area contributed by atoms with Crippen molar-refractivity contribution < 1.29 is 24.5 Å². The van der Waals surface area contributed by atoms with Crippen LogP contribution in [-0.4, -0.2) is 54.8 Å². The van der Waals surface area contributed by atoms with Gasteiger partial charge in [-0.3, -0.25) is 9.69 Å². The predicted octanol–water partition coefficient (Wildman–Crippen LogP) is 3.88. The predicted molar refractivity (Wildman–Crippen MR) is 117 cm³/mol. The molecule has 0 aromatic heterocycles. The largest absolute Gasteiger partial charge is 0.504 e. The van der Waals surface area contributed by atoms with Crippen LogP contribution < -0.4 is 9.47 Å². The number of phenolic OH excluding ortho intramolecular Hbond substituents is 2. The van der Waals surface area contributed by atoms with E-state index < -0.39 is 0 Å². The van der Waals surface area contributed by atoms with Crippen LogP contribution in [0, 0.1) is 0 Å². The maximum Gasteiger partial charge on any atom is 0.187 e. The van der Waals surface area contributed by atoms with E-state index in [9.17, 15) is 15.0 Å². The molecule has 0 spiro atoms. The van der Waals surface area contributed by atoms with Crippen molar-refractivity contribution in [3.63, 3.8) is 0 Å². The number of hydrogen-bond donors (Lipinski definition) is 2. The van der Waals surface area contributed by atoms with Crippen molar-refractivity contribution in [1.82, 2.24) is 4.90 Å². The highest BCUT2D eigenvalue weighted by atomic mass is 16.5. The van der Waals surface area contributed by atoms with E-state index >= 15 is 0 Å². The summed E-state index contributed by atoms with van der Waals surface area (Å²) in [5, 5.41) is 19.6. The molecule has 0 bridgehead atoms. The van der Waals surface area contributed by atoms with Crippen LogP contribution >= 0.6 is 0 Å². The lowest BCUT2D eigenvalue weighted by atomic mass is 9.94. The molecule has 30 heavy (non-hydrogen) atoms. The Balaban J connectivity index is 1.98. The number of carbonyl (C=O) groups is 1. The highest BCUT2D eigenvalue weighted by Crippen LogP contribution is 2.30. The van der Waals surface area contributed by atoms with Gasteiger partial charge < -0.3 is 19.7 Å². The van der Waals surface area contributed by atoms with Gasteiger partial charge in [-0.2, -0.15) is 0 Å². The first-order valence-corrected chi connectivity index (χ1v) is 9.87. The number of ether oxygens (including phenoxy) is 2. The highest BCUT2D eigenvalue weighted by molar-refractivity contribution is 6.14. The zero-order valence-electron chi connectivity index (χ0n) is 17.5. The van der Waals surface area contributed by atoms with Crippen molar-refractivity contribution in [3.05, 3.63) is 58.7 Å². The minimum absolute atomic E-state index is 0.0126. The van der Waals surface area contributed by atoms with Crippen LogP contribution in [0.15, 0.2) is 47.5 Å². The molecule has 0 unspecified atom stereocenters. The van der Waals surface area contributed by atoms with E-state index in [0.29, 0.717) is 35.7 Å². The van der Waals surface area contributed by atoms with E-state index in [0.717, 1.165) is 24.1 Å². The van der Waals surface area contributed by atoms with E-state index in [2.05, 4.69) is 11.8 Å². The lowest BCUT2D eigenvalue weighted by molar-refractivity contribution is -0.113. The fourth-order valence-electron chi connectivity index (χ4n) is 3.55. The fraction of sp³-hybridized carbons (Fsp3) is 0.292. The van der Waals surface area contributed by atoms with Crippen molar-refractivity contribution in [1.29, 1.82) is 0 Å². The molecule has 1 saturated heterocycles. The molecule has 6 nitrogen and oxygen atoms in total. The number of likely N-dealkylation sites (tertiary alicyclic amines) is 1. The number of hydrogen-bond acceptors (Lipinski definition) is 6. The summed E-state index contributed by atoms with van der Waals surface area (Å²) in [4.78, 5) is 15.4. The fourth-order valence-corrected chi connectivity index (χ4v) is 3.55. The minimum Gasteiger partial charge on any atom is -0.504 e. The van der Waals surface area contributed by atoms with Gasteiger partial charge in [-0.05, 0) is 60.5 Å². The van der Waals surface area contributed by atoms with Crippen LogP contribution in [0.3, 0.4) is 0 Å². The second kappa shape index (κ2) is 9.50. The molecule has 2 N–H and O–H groups in total. The smallest absolute Gasteiger partial charge is 0.187 e. The normalized spacial score (nSPS) is 17.5. The first kappa shape index (κ1) is 21.5. The van der Waals surface area contributed by atoms with Gasteiger partial charge in [-0.1, -0.05) is 19.1 Å². The van der Waals surface area contributed by atoms with Crippen LogP contribution in [0.5, 0.6) is 23.0 Å². The third kappa shape index (κ3) is 4.83. The molecule has 1 aliphatic heterocycles. The second-order valence-corrected chi connectivity index (χ2v) is 7.24. The Hall–Kier alpha value is -3.25. The molecule has 0 aliphatic carbocycles. The average Bonchev–Trinajstić information content (AvgIpc) is 2.74. The second-order valence-electron chi connectivity index (χ2n) is 7.24. The summed E-state index contributed by atoms with van der Waals surface area (Å²) in [6.07, 6.45) is 4.67. The Morgan fingerprint density at radius 3 is 1.77 bits per heavy atom. The number of carbonyl (C=O) groups excluding carboxylic acids is 1.